The molecule has 94 valence electrons. The van der Waals surface area contributed by atoms with Crippen molar-refractivity contribution in [3.8, 4) is 0 Å². The Kier molecular flexibility index (Phi) is 2.91. The molecule has 1 aliphatic heterocycles. The Morgan fingerprint density at radius 3 is 3.06 bits per heavy atom. The van der Waals surface area contributed by atoms with Gasteiger partial charge in [0, 0.05) is 19.0 Å². The summed E-state index contributed by atoms with van der Waals surface area (Å²) in [5, 5.41) is 3.81. The zero-order valence-electron chi connectivity index (χ0n) is 9.38. The minimum atomic E-state index is -0.105. The maximum absolute atomic E-state index is 12.1. The van der Waals surface area contributed by atoms with Gasteiger partial charge in [0.15, 0.2) is 16.3 Å². The number of rotatable bonds is 2. The summed E-state index contributed by atoms with van der Waals surface area (Å²) in [6.07, 6.45) is 2.15. The van der Waals surface area contributed by atoms with Crippen molar-refractivity contribution in [3.05, 3.63) is 34.8 Å². The number of hydrogen-bond acceptors (Lipinski definition) is 5. The Bertz CT molecular complexity index is 552. The second-order valence-electron chi connectivity index (χ2n) is 4.13. The van der Waals surface area contributed by atoms with E-state index in [1.54, 1.807) is 17.0 Å². The largest absolute Gasteiger partial charge is 0.444 e. The van der Waals surface area contributed by atoms with Gasteiger partial charge in [0.2, 0.25) is 6.39 Å². The van der Waals surface area contributed by atoms with Crippen LogP contribution in [-0.2, 0) is 0 Å². The molecule has 18 heavy (non-hydrogen) atoms. The van der Waals surface area contributed by atoms with Crippen molar-refractivity contribution in [3.63, 3.8) is 0 Å². The van der Waals surface area contributed by atoms with Crippen molar-refractivity contribution in [2.24, 2.45) is 0 Å². The van der Waals surface area contributed by atoms with Crippen LogP contribution in [0.2, 0.25) is 0 Å². The monoisotopic (exact) mass is 311 g/mol. The van der Waals surface area contributed by atoms with Crippen LogP contribution in [0.1, 0.15) is 28.7 Å². The number of amides is 1. The molecule has 0 bridgehead atoms. The van der Waals surface area contributed by atoms with Gasteiger partial charge in [-0.1, -0.05) is 5.16 Å². The Morgan fingerprint density at radius 2 is 2.39 bits per heavy atom. The highest BCUT2D eigenvalue weighted by molar-refractivity contribution is 9.10. The average molecular weight is 312 g/mol. The number of aromatic nitrogens is 2. The van der Waals surface area contributed by atoms with Gasteiger partial charge in [-0.25, -0.2) is 0 Å². The molecule has 1 unspecified atom stereocenters. The van der Waals surface area contributed by atoms with Crippen LogP contribution < -0.4 is 0 Å². The van der Waals surface area contributed by atoms with E-state index in [0.717, 1.165) is 6.42 Å². The summed E-state index contributed by atoms with van der Waals surface area (Å²) < 4.78 is 10.5. The molecule has 6 nitrogen and oxygen atoms in total. The van der Waals surface area contributed by atoms with Gasteiger partial charge in [-0.15, -0.1) is 0 Å². The first-order chi connectivity index (χ1) is 8.74. The van der Waals surface area contributed by atoms with Gasteiger partial charge in [-0.3, -0.25) is 4.79 Å². The van der Waals surface area contributed by atoms with Crippen molar-refractivity contribution in [1.82, 2.24) is 15.0 Å². The van der Waals surface area contributed by atoms with Gasteiger partial charge in [-0.2, -0.15) is 4.98 Å². The molecule has 0 radical (unpaired) electrons. The Hall–Kier alpha value is -1.63. The lowest BCUT2D eigenvalue weighted by Gasteiger charge is -2.13. The fourth-order valence-electron chi connectivity index (χ4n) is 2.10. The standard InChI is InChI=1S/C11H10BrN3O3/c12-9-2-1-8(18-9)11(16)15-4-3-7(5-15)10-13-6-17-14-10/h1-2,6-7H,3-5H2. The summed E-state index contributed by atoms with van der Waals surface area (Å²) in [7, 11) is 0. The van der Waals surface area contributed by atoms with Gasteiger partial charge >= 0.3 is 0 Å². The minimum Gasteiger partial charge on any atom is -0.444 e. The van der Waals surface area contributed by atoms with E-state index >= 15 is 0 Å². The highest BCUT2D eigenvalue weighted by Crippen LogP contribution is 2.26. The van der Waals surface area contributed by atoms with E-state index in [1.807, 2.05) is 0 Å². The number of nitrogens with zero attached hydrogens (tertiary/aromatic N) is 3. The minimum absolute atomic E-state index is 0.105. The lowest BCUT2D eigenvalue weighted by atomic mass is 10.1. The van der Waals surface area contributed by atoms with Crippen molar-refractivity contribution in [2.75, 3.05) is 13.1 Å². The van der Waals surface area contributed by atoms with E-state index in [2.05, 4.69) is 26.1 Å². The fraction of sp³-hybridized carbons (Fsp3) is 0.364. The van der Waals surface area contributed by atoms with Crippen LogP contribution in [0.15, 0.2) is 32.1 Å². The molecule has 1 atom stereocenters. The summed E-state index contributed by atoms with van der Waals surface area (Å²) in [5.41, 5.74) is 0. The highest BCUT2D eigenvalue weighted by atomic mass is 79.9. The average Bonchev–Trinajstić information content (AvgIpc) is 3.09. The van der Waals surface area contributed by atoms with Gasteiger partial charge in [0.1, 0.15) is 0 Å². The van der Waals surface area contributed by atoms with E-state index in [-0.39, 0.29) is 11.8 Å². The first-order valence-electron chi connectivity index (χ1n) is 5.55. The van der Waals surface area contributed by atoms with Crippen LogP contribution in [0.25, 0.3) is 0 Å². The van der Waals surface area contributed by atoms with Gasteiger partial charge in [0.05, 0.1) is 0 Å². The molecular weight excluding hydrogens is 302 g/mol. The van der Waals surface area contributed by atoms with Crippen LogP contribution in [0, 0.1) is 0 Å². The smallest absolute Gasteiger partial charge is 0.289 e. The topological polar surface area (TPSA) is 72.4 Å². The maximum Gasteiger partial charge on any atom is 0.289 e. The third-order valence-corrected chi connectivity index (χ3v) is 3.43. The first kappa shape index (κ1) is 11.5. The van der Waals surface area contributed by atoms with Gasteiger partial charge < -0.3 is 13.8 Å². The molecule has 3 heterocycles. The number of carbonyl (C=O) groups excluding carboxylic acids is 1. The molecule has 0 saturated carbocycles. The molecule has 1 amide bonds. The molecule has 2 aromatic heterocycles. The predicted octanol–water partition coefficient (Wildman–Crippen LogP) is 2.05. The summed E-state index contributed by atoms with van der Waals surface area (Å²) in [4.78, 5) is 17.9. The van der Waals surface area contributed by atoms with Gasteiger partial charge in [0.25, 0.3) is 5.91 Å². The maximum atomic E-state index is 12.1. The molecule has 7 heteroatoms. The van der Waals surface area contributed by atoms with E-state index < -0.39 is 0 Å². The Labute approximate surface area is 111 Å². The molecule has 3 rings (SSSR count). The number of carbonyl (C=O) groups is 1. The van der Waals surface area contributed by atoms with Crippen molar-refractivity contribution in [2.45, 2.75) is 12.3 Å². The number of likely N-dealkylation sites (tertiary alicyclic amines) is 1. The summed E-state index contributed by atoms with van der Waals surface area (Å²) in [6, 6.07) is 3.37. The number of hydrogen-bond donors (Lipinski definition) is 0. The number of furan rings is 1. The van der Waals surface area contributed by atoms with E-state index in [1.165, 1.54) is 6.39 Å². The molecule has 1 fully saturated rings. The van der Waals surface area contributed by atoms with Crippen molar-refractivity contribution < 1.29 is 13.7 Å². The lowest BCUT2D eigenvalue weighted by molar-refractivity contribution is 0.0757. The van der Waals surface area contributed by atoms with Crippen molar-refractivity contribution >= 4 is 21.8 Å². The Morgan fingerprint density at radius 1 is 1.50 bits per heavy atom. The lowest BCUT2D eigenvalue weighted by Crippen LogP contribution is -2.28. The second-order valence-corrected chi connectivity index (χ2v) is 4.91. The van der Waals surface area contributed by atoms with E-state index in [0.29, 0.717) is 29.3 Å². The molecular formula is C11H10BrN3O3. The molecule has 0 spiro atoms. The van der Waals surface area contributed by atoms with E-state index in [9.17, 15) is 4.79 Å². The molecule has 1 aliphatic rings. The fourth-order valence-corrected chi connectivity index (χ4v) is 2.41. The third-order valence-electron chi connectivity index (χ3n) is 3.00. The molecule has 0 aliphatic carbocycles. The second kappa shape index (κ2) is 4.56. The highest BCUT2D eigenvalue weighted by Gasteiger charge is 2.31. The normalized spacial score (nSPS) is 19.4. The first-order valence-corrected chi connectivity index (χ1v) is 6.34. The third kappa shape index (κ3) is 2.05. The summed E-state index contributed by atoms with van der Waals surface area (Å²) >= 11 is 3.18. The zero-order valence-corrected chi connectivity index (χ0v) is 11.0. The summed E-state index contributed by atoms with van der Waals surface area (Å²) in [5.74, 6) is 1.04. The molecule has 2 aromatic rings. The molecule has 0 aromatic carbocycles. The van der Waals surface area contributed by atoms with Crippen LogP contribution in [0.5, 0.6) is 0 Å². The van der Waals surface area contributed by atoms with E-state index in [4.69, 9.17) is 8.94 Å². The van der Waals surface area contributed by atoms with Crippen LogP contribution >= 0.6 is 15.9 Å². The molecule has 0 N–H and O–H groups in total. The van der Waals surface area contributed by atoms with Gasteiger partial charge in [-0.05, 0) is 34.5 Å². The predicted molar refractivity (Wildman–Crippen MR) is 64.0 cm³/mol. The quantitative estimate of drug-likeness (QED) is 0.848. The summed E-state index contributed by atoms with van der Waals surface area (Å²) in [6.45, 7) is 1.27. The zero-order chi connectivity index (χ0) is 12.5. The Balaban J connectivity index is 1.70. The van der Waals surface area contributed by atoms with Crippen LogP contribution in [0.4, 0.5) is 0 Å². The number of halogens is 1. The SMILES string of the molecule is O=C(c1ccc(Br)o1)N1CCC(c2ncon2)C1. The van der Waals surface area contributed by atoms with Crippen LogP contribution in [0.3, 0.4) is 0 Å². The van der Waals surface area contributed by atoms with Crippen molar-refractivity contribution in [1.29, 1.82) is 0 Å². The van der Waals surface area contributed by atoms with Crippen LogP contribution in [-0.4, -0.2) is 34.0 Å². The molecule has 1 saturated heterocycles.